The molecule has 0 aliphatic carbocycles. The van der Waals surface area contributed by atoms with E-state index in [2.05, 4.69) is 5.32 Å². The van der Waals surface area contributed by atoms with Crippen LogP contribution in [-0.2, 0) is 16.1 Å². The van der Waals surface area contributed by atoms with Crippen molar-refractivity contribution in [1.29, 1.82) is 0 Å². The molecule has 0 radical (unpaired) electrons. The molecule has 0 saturated heterocycles. The van der Waals surface area contributed by atoms with Crippen molar-refractivity contribution in [1.82, 2.24) is 15.1 Å². The summed E-state index contributed by atoms with van der Waals surface area (Å²) in [7, 11) is 5.01. The fourth-order valence-corrected chi connectivity index (χ4v) is 1.56. The molecule has 0 aromatic heterocycles. The molecule has 6 heteroatoms. The van der Waals surface area contributed by atoms with Gasteiger partial charge in [-0.05, 0) is 13.1 Å². The van der Waals surface area contributed by atoms with Crippen LogP contribution < -0.4 is 5.32 Å². The fraction of sp³-hybridized carbons (Fsp3) is 0.429. The Hall–Kier alpha value is -1.95. The van der Waals surface area contributed by atoms with E-state index in [1.807, 2.05) is 0 Å². The first-order chi connectivity index (χ1) is 9.40. The van der Waals surface area contributed by atoms with Gasteiger partial charge in [0, 0.05) is 26.2 Å². The number of nitrogens with one attached hydrogen (secondary N) is 1. The lowest BCUT2D eigenvalue weighted by molar-refractivity contribution is -0.130. The largest absolute Gasteiger partial charge is 0.351 e. The van der Waals surface area contributed by atoms with Crippen LogP contribution in [0, 0.1) is 5.82 Å². The third kappa shape index (κ3) is 5.36. The maximum atomic E-state index is 13.4. The van der Waals surface area contributed by atoms with Gasteiger partial charge in [-0.3, -0.25) is 14.5 Å². The van der Waals surface area contributed by atoms with Crippen molar-refractivity contribution in [2.75, 3.05) is 34.2 Å². The van der Waals surface area contributed by atoms with E-state index in [-0.39, 0.29) is 37.3 Å². The van der Waals surface area contributed by atoms with Crippen LogP contribution in [0.5, 0.6) is 0 Å². The summed E-state index contributed by atoms with van der Waals surface area (Å²) in [5.74, 6) is -0.666. The van der Waals surface area contributed by atoms with Crippen LogP contribution in [0.4, 0.5) is 4.39 Å². The Morgan fingerprint density at radius 1 is 1.15 bits per heavy atom. The quantitative estimate of drug-likeness (QED) is 0.824. The molecule has 20 heavy (non-hydrogen) atoms. The second-order valence-corrected chi connectivity index (χ2v) is 4.83. The zero-order valence-electron chi connectivity index (χ0n) is 12.0. The van der Waals surface area contributed by atoms with Crippen molar-refractivity contribution in [3.63, 3.8) is 0 Å². The summed E-state index contributed by atoms with van der Waals surface area (Å²) < 4.78 is 13.4. The number of hydrogen-bond acceptors (Lipinski definition) is 3. The third-order valence-corrected chi connectivity index (χ3v) is 2.75. The van der Waals surface area contributed by atoms with Crippen LogP contribution in [0.2, 0.25) is 0 Å². The van der Waals surface area contributed by atoms with Crippen LogP contribution in [0.1, 0.15) is 5.56 Å². The fourth-order valence-electron chi connectivity index (χ4n) is 1.56. The van der Waals surface area contributed by atoms with E-state index in [0.29, 0.717) is 5.56 Å². The normalized spacial score (nSPS) is 10.4. The predicted molar refractivity (Wildman–Crippen MR) is 74.4 cm³/mol. The SMILES string of the molecule is CN(CC(=O)NCc1ccccc1F)CC(=O)N(C)C. The highest BCUT2D eigenvalue weighted by atomic mass is 19.1. The molecule has 0 atom stereocenters. The Morgan fingerprint density at radius 3 is 2.40 bits per heavy atom. The molecule has 0 bridgehead atoms. The first kappa shape index (κ1) is 16.1. The molecule has 1 aromatic rings. The van der Waals surface area contributed by atoms with E-state index >= 15 is 0 Å². The minimum Gasteiger partial charge on any atom is -0.351 e. The van der Waals surface area contributed by atoms with E-state index in [0.717, 1.165) is 0 Å². The summed E-state index contributed by atoms with van der Waals surface area (Å²) in [5.41, 5.74) is 0.438. The lowest BCUT2D eigenvalue weighted by atomic mass is 10.2. The van der Waals surface area contributed by atoms with Crippen LogP contribution in [0.15, 0.2) is 24.3 Å². The Morgan fingerprint density at radius 2 is 1.80 bits per heavy atom. The van der Waals surface area contributed by atoms with Gasteiger partial charge in [-0.25, -0.2) is 4.39 Å². The smallest absolute Gasteiger partial charge is 0.236 e. The first-order valence-electron chi connectivity index (χ1n) is 6.29. The number of nitrogens with zero attached hydrogens (tertiary/aromatic N) is 2. The molecule has 0 heterocycles. The van der Waals surface area contributed by atoms with Crippen molar-refractivity contribution in [3.05, 3.63) is 35.6 Å². The van der Waals surface area contributed by atoms with Crippen molar-refractivity contribution >= 4 is 11.8 Å². The summed E-state index contributed by atoms with van der Waals surface area (Å²) in [6.07, 6.45) is 0. The van der Waals surface area contributed by atoms with E-state index in [1.54, 1.807) is 44.2 Å². The average Bonchev–Trinajstić information content (AvgIpc) is 2.37. The summed E-state index contributed by atoms with van der Waals surface area (Å²) in [5, 5.41) is 2.63. The summed E-state index contributed by atoms with van der Waals surface area (Å²) >= 11 is 0. The standard InChI is InChI=1S/C14H20FN3O2/c1-17(2)14(20)10-18(3)9-13(19)16-8-11-6-4-5-7-12(11)15/h4-7H,8-10H2,1-3H3,(H,16,19). The average molecular weight is 281 g/mol. The molecular formula is C14H20FN3O2. The van der Waals surface area contributed by atoms with Gasteiger partial charge in [0.1, 0.15) is 5.82 Å². The number of likely N-dealkylation sites (N-methyl/N-ethyl adjacent to an activating group) is 2. The molecule has 0 fully saturated rings. The number of amides is 2. The number of carbonyl (C=O) groups excluding carboxylic acids is 2. The lowest BCUT2D eigenvalue weighted by Gasteiger charge is -2.18. The Kier molecular flexibility index (Phi) is 6.11. The van der Waals surface area contributed by atoms with E-state index in [4.69, 9.17) is 0 Å². The number of benzene rings is 1. The number of halogens is 1. The molecule has 2 amide bonds. The number of carbonyl (C=O) groups is 2. The summed E-state index contributed by atoms with van der Waals surface area (Å²) in [6, 6.07) is 6.28. The third-order valence-electron chi connectivity index (χ3n) is 2.75. The summed E-state index contributed by atoms with van der Waals surface area (Å²) in [4.78, 5) is 26.2. The van der Waals surface area contributed by atoms with Gasteiger partial charge in [0.05, 0.1) is 13.1 Å². The molecular weight excluding hydrogens is 261 g/mol. The van der Waals surface area contributed by atoms with E-state index in [9.17, 15) is 14.0 Å². The van der Waals surface area contributed by atoms with Gasteiger partial charge in [0.15, 0.2) is 0 Å². The maximum absolute atomic E-state index is 13.4. The van der Waals surface area contributed by atoms with Gasteiger partial charge >= 0.3 is 0 Å². The monoisotopic (exact) mass is 281 g/mol. The molecule has 0 unspecified atom stereocenters. The highest BCUT2D eigenvalue weighted by Gasteiger charge is 2.12. The summed E-state index contributed by atoms with van der Waals surface area (Å²) in [6.45, 7) is 0.398. The molecule has 5 nitrogen and oxygen atoms in total. The molecule has 0 aliphatic rings. The highest BCUT2D eigenvalue weighted by Crippen LogP contribution is 2.05. The lowest BCUT2D eigenvalue weighted by Crippen LogP contribution is -2.40. The molecule has 1 rings (SSSR count). The van der Waals surface area contributed by atoms with Gasteiger partial charge in [-0.1, -0.05) is 18.2 Å². The van der Waals surface area contributed by atoms with Gasteiger partial charge in [-0.2, -0.15) is 0 Å². The van der Waals surface area contributed by atoms with Crippen LogP contribution in [0.3, 0.4) is 0 Å². The van der Waals surface area contributed by atoms with E-state index < -0.39 is 0 Å². The maximum Gasteiger partial charge on any atom is 0.236 e. The molecule has 110 valence electrons. The first-order valence-corrected chi connectivity index (χ1v) is 6.29. The zero-order valence-corrected chi connectivity index (χ0v) is 12.0. The van der Waals surface area contributed by atoms with Crippen molar-refractivity contribution in [2.45, 2.75) is 6.54 Å². The molecule has 0 aliphatic heterocycles. The molecule has 1 aromatic carbocycles. The molecule has 0 spiro atoms. The second kappa shape index (κ2) is 7.59. The molecule has 0 saturated carbocycles. The Balaban J connectivity index is 2.37. The highest BCUT2D eigenvalue weighted by molar-refractivity contribution is 5.80. The van der Waals surface area contributed by atoms with Gasteiger partial charge in [-0.15, -0.1) is 0 Å². The minimum atomic E-state index is -0.344. The Bertz CT molecular complexity index is 477. The van der Waals surface area contributed by atoms with Crippen LogP contribution >= 0.6 is 0 Å². The number of rotatable bonds is 6. The van der Waals surface area contributed by atoms with Gasteiger partial charge in [0.2, 0.25) is 11.8 Å². The topological polar surface area (TPSA) is 52.7 Å². The van der Waals surface area contributed by atoms with Gasteiger partial charge < -0.3 is 10.2 Å². The minimum absolute atomic E-state index is 0.0746. The van der Waals surface area contributed by atoms with Gasteiger partial charge in [0.25, 0.3) is 0 Å². The van der Waals surface area contributed by atoms with Crippen molar-refractivity contribution in [3.8, 4) is 0 Å². The Labute approximate surface area is 118 Å². The van der Waals surface area contributed by atoms with Crippen LogP contribution in [-0.4, -0.2) is 55.8 Å². The van der Waals surface area contributed by atoms with Crippen molar-refractivity contribution in [2.24, 2.45) is 0 Å². The zero-order chi connectivity index (χ0) is 15.1. The van der Waals surface area contributed by atoms with Crippen molar-refractivity contribution < 1.29 is 14.0 Å². The van der Waals surface area contributed by atoms with E-state index in [1.165, 1.54) is 11.0 Å². The molecule has 1 N–H and O–H groups in total. The predicted octanol–water partition coefficient (Wildman–Crippen LogP) is 0.462. The second-order valence-electron chi connectivity index (χ2n) is 4.83. The van der Waals surface area contributed by atoms with Crippen LogP contribution in [0.25, 0.3) is 0 Å². The number of hydrogen-bond donors (Lipinski definition) is 1.